The summed E-state index contributed by atoms with van der Waals surface area (Å²) in [6.07, 6.45) is 1.76. The largest absolute Gasteiger partial charge is 0.378 e. The molecule has 0 saturated heterocycles. The molecule has 86 valence electrons. The van der Waals surface area contributed by atoms with E-state index in [9.17, 15) is 4.79 Å². The van der Waals surface area contributed by atoms with E-state index in [4.69, 9.17) is 10.5 Å². The second-order valence-corrected chi connectivity index (χ2v) is 3.85. The van der Waals surface area contributed by atoms with E-state index in [0.29, 0.717) is 6.61 Å². The minimum atomic E-state index is -0.359. The highest BCUT2D eigenvalue weighted by Gasteiger charge is 2.00. The maximum atomic E-state index is 11.2. The first-order valence-electron chi connectivity index (χ1n) is 4.75. The molecule has 1 rings (SSSR count). The number of hydrogen-bond acceptors (Lipinski definition) is 3. The molecular weight excluding hydrogens is 224 g/mol. The fraction of sp³-hybridized carbons (Fsp3) is 0.273. The standard InChI is InChI=1S/C11H14N2O2S/c1-16-11(12)13-10(14)8-15-7-9-5-3-2-4-6-9/h2-6H,7-8H2,1H3,(H2,12,13,14). The Hall–Kier alpha value is -1.33. The van der Waals surface area contributed by atoms with Crippen LogP contribution in [0, 0.1) is 0 Å². The van der Waals surface area contributed by atoms with Gasteiger partial charge in [-0.2, -0.15) is 4.99 Å². The van der Waals surface area contributed by atoms with Crippen LogP contribution < -0.4 is 5.73 Å². The van der Waals surface area contributed by atoms with Crippen molar-refractivity contribution in [3.05, 3.63) is 35.9 Å². The summed E-state index contributed by atoms with van der Waals surface area (Å²) in [6, 6.07) is 9.64. The third-order valence-corrected chi connectivity index (χ3v) is 2.29. The van der Waals surface area contributed by atoms with Crippen molar-refractivity contribution in [1.82, 2.24) is 0 Å². The van der Waals surface area contributed by atoms with E-state index in [2.05, 4.69) is 4.99 Å². The molecule has 0 heterocycles. The Bertz CT molecular complexity index is 366. The maximum absolute atomic E-state index is 11.2. The van der Waals surface area contributed by atoms with Gasteiger partial charge in [0.15, 0.2) is 5.17 Å². The average Bonchev–Trinajstić information content (AvgIpc) is 2.30. The van der Waals surface area contributed by atoms with Gasteiger partial charge < -0.3 is 10.5 Å². The molecule has 4 nitrogen and oxygen atoms in total. The van der Waals surface area contributed by atoms with Gasteiger partial charge in [0.2, 0.25) is 0 Å². The summed E-state index contributed by atoms with van der Waals surface area (Å²) in [6.45, 7) is 0.359. The van der Waals surface area contributed by atoms with E-state index in [-0.39, 0.29) is 17.7 Å². The van der Waals surface area contributed by atoms with Crippen LogP contribution in [-0.4, -0.2) is 23.9 Å². The molecule has 16 heavy (non-hydrogen) atoms. The number of amidine groups is 1. The van der Waals surface area contributed by atoms with E-state index in [1.54, 1.807) is 6.26 Å². The summed E-state index contributed by atoms with van der Waals surface area (Å²) >= 11 is 1.23. The van der Waals surface area contributed by atoms with Crippen LogP contribution in [-0.2, 0) is 16.1 Å². The molecule has 0 spiro atoms. The van der Waals surface area contributed by atoms with Crippen molar-refractivity contribution in [2.45, 2.75) is 6.61 Å². The molecule has 0 aromatic heterocycles. The quantitative estimate of drug-likeness (QED) is 0.636. The van der Waals surface area contributed by atoms with Crippen molar-refractivity contribution in [3.63, 3.8) is 0 Å². The van der Waals surface area contributed by atoms with Crippen LogP contribution in [0.25, 0.3) is 0 Å². The van der Waals surface area contributed by atoms with Gasteiger partial charge in [0.1, 0.15) is 6.61 Å². The topological polar surface area (TPSA) is 64.7 Å². The Labute approximate surface area is 98.9 Å². The molecule has 1 aromatic rings. The molecule has 1 aromatic carbocycles. The third kappa shape index (κ3) is 4.95. The van der Waals surface area contributed by atoms with Gasteiger partial charge in [0, 0.05) is 0 Å². The second-order valence-electron chi connectivity index (χ2n) is 3.03. The van der Waals surface area contributed by atoms with Crippen LogP contribution in [0.4, 0.5) is 0 Å². The van der Waals surface area contributed by atoms with Gasteiger partial charge in [-0.05, 0) is 11.8 Å². The van der Waals surface area contributed by atoms with E-state index >= 15 is 0 Å². The third-order valence-electron chi connectivity index (χ3n) is 1.78. The van der Waals surface area contributed by atoms with E-state index in [1.165, 1.54) is 11.8 Å². The average molecular weight is 238 g/mol. The number of nitrogens with zero attached hydrogens (tertiary/aromatic N) is 1. The van der Waals surface area contributed by atoms with E-state index < -0.39 is 0 Å². The number of benzene rings is 1. The van der Waals surface area contributed by atoms with Gasteiger partial charge in [0.25, 0.3) is 5.91 Å². The molecule has 0 radical (unpaired) electrons. The molecule has 0 aliphatic rings. The zero-order chi connectivity index (χ0) is 11.8. The van der Waals surface area contributed by atoms with Gasteiger partial charge in [-0.3, -0.25) is 4.79 Å². The fourth-order valence-electron chi connectivity index (χ4n) is 1.03. The maximum Gasteiger partial charge on any atom is 0.274 e. The summed E-state index contributed by atoms with van der Waals surface area (Å²) in [5.41, 5.74) is 6.42. The molecule has 0 bridgehead atoms. The SMILES string of the molecule is CSC(N)=NC(=O)COCc1ccccc1. The number of rotatable bonds is 4. The van der Waals surface area contributed by atoms with Gasteiger partial charge in [0.05, 0.1) is 6.61 Å². The Morgan fingerprint density at radius 3 is 2.75 bits per heavy atom. The Morgan fingerprint density at radius 1 is 1.44 bits per heavy atom. The van der Waals surface area contributed by atoms with Crippen molar-refractivity contribution < 1.29 is 9.53 Å². The number of amides is 1. The molecule has 0 saturated carbocycles. The Morgan fingerprint density at radius 2 is 2.12 bits per heavy atom. The number of carbonyl (C=O) groups excluding carboxylic acids is 1. The smallest absolute Gasteiger partial charge is 0.274 e. The molecule has 2 N–H and O–H groups in total. The lowest BCUT2D eigenvalue weighted by atomic mass is 10.2. The first-order chi connectivity index (χ1) is 7.72. The molecule has 5 heteroatoms. The number of aliphatic imine (C=N–C) groups is 1. The fourth-order valence-corrected chi connectivity index (χ4v) is 1.22. The van der Waals surface area contributed by atoms with Gasteiger partial charge in [-0.25, -0.2) is 0 Å². The lowest BCUT2D eigenvalue weighted by Crippen LogP contribution is -2.13. The van der Waals surface area contributed by atoms with Crippen molar-refractivity contribution >= 4 is 22.8 Å². The van der Waals surface area contributed by atoms with Crippen LogP contribution in [0.1, 0.15) is 5.56 Å². The summed E-state index contributed by atoms with van der Waals surface area (Å²) in [5, 5.41) is 0.258. The number of ether oxygens (including phenoxy) is 1. The number of hydrogen-bond donors (Lipinski definition) is 1. The lowest BCUT2D eigenvalue weighted by Gasteiger charge is -2.01. The van der Waals surface area contributed by atoms with Crippen molar-refractivity contribution in [1.29, 1.82) is 0 Å². The normalized spacial score (nSPS) is 11.4. The van der Waals surface area contributed by atoms with Crippen molar-refractivity contribution in [2.75, 3.05) is 12.9 Å². The Kier molecular flexibility index (Phi) is 5.60. The highest BCUT2D eigenvalue weighted by atomic mass is 32.2. The van der Waals surface area contributed by atoms with Gasteiger partial charge >= 0.3 is 0 Å². The lowest BCUT2D eigenvalue weighted by molar-refractivity contribution is -0.122. The predicted molar refractivity (Wildman–Crippen MR) is 66.2 cm³/mol. The first-order valence-corrected chi connectivity index (χ1v) is 5.97. The zero-order valence-corrected chi connectivity index (χ0v) is 9.87. The summed E-state index contributed by atoms with van der Waals surface area (Å²) in [5.74, 6) is -0.359. The molecular formula is C11H14N2O2S. The molecule has 0 aliphatic carbocycles. The van der Waals surface area contributed by atoms with Crippen LogP contribution in [0.3, 0.4) is 0 Å². The van der Waals surface area contributed by atoms with E-state index in [0.717, 1.165) is 5.56 Å². The molecule has 0 unspecified atom stereocenters. The zero-order valence-electron chi connectivity index (χ0n) is 9.05. The molecule has 0 atom stereocenters. The first kappa shape index (κ1) is 12.7. The summed E-state index contributed by atoms with van der Waals surface area (Å²) in [4.78, 5) is 14.8. The Balaban J connectivity index is 2.29. The van der Waals surface area contributed by atoms with E-state index in [1.807, 2.05) is 30.3 Å². The van der Waals surface area contributed by atoms with Crippen molar-refractivity contribution in [2.24, 2.45) is 10.7 Å². The van der Waals surface area contributed by atoms with Crippen molar-refractivity contribution in [3.8, 4) is 0 Å². The summed E-state index contributed by atoms with van der Waals surface area (Å²) in [7, 11) is 0. The highest BCUT2D eigenvalue weighted by Crippen LogP contribution is 2.00. The predicted octanol–water partition coefficient (Wildman–Crippen LogP) is 1.41. The highest BCUT2D eigenvalue weighted by molar-refractivity contribution is 8.13. The van der Waals surface area contributed by atoms with Crippen LogP contribution >= 0.6 is 11.8 Å². The minimum absolute atomic E-state index is 0.0455. The molecule has 1 amide bonds. The van der Waals surface area contributed by atoms with Crippen LogP contribution in [0.15, 0.2) is 35.3 Å². The molecule has 0 fully saturated rings. The molecule has 0 aliphatic heterocycles. The number of carbonyl (C=O) groups is 1. The number of nitrogens with two attached hydrogens (primary N) is 1. The van der Waals surface area contributed by atoms with Crippen LogP contribution in [0.2, 0.25) is 0 Å². The number of thioether (sulfide) groups is 1. The summed E-state index contributed by atoms with van der Waals surface area (Å²) < 4.78 is 5.21. The second kappa shape index (κ2) is 7.03. The monoisotopic (exact) mass is 238 g/mol. The minimum Gasteiger partial charge on any atom is -0.378 e. The van der Waals surface area contributed by atoms with Gasteiger partial charge in [-0.15, -0.1) is 0 Å². The van der Waals surface area contributed by atoms with Crippen LogP contribution in [0.5, 0.6) is 0 Å². The van der Waals surface area contributed by atoms with Gasteiger partial charge in [-0.1, -0.05) is 42.1 Å².